The minimum Gasteiger partial charge on any atom is -0.459 e. The van der Waals surface area contributed by atoms with Crippen LogP contribution in [0.25, 0.3) is 5.00 Å². The smallest absolute Gasteiger partial charge is 0.431 e. The lowest BCUT2D eigenvalue weighted by atomic mass is 10.3. The quantitative estimate of drug-likeness (QED) is 0.862. The fourth-order valence-electron chi connectivity index (χ4n) is 1.69. The van der Waals surface area contributed by atoms with E-state index < -0.39 is 29.1 Å². The molecule has 124 valence electrons. The van der Waals surface area contributed by atoms with Gasteiger partial charge in [0.05, 0.1) is 11.7 Å². The monoisotopic (exact) mass is 348 g/mol. The zero-order valence-electron chi connectivity index (χ0n) is 11.9. The topological polar surface area (TPSA) is 81.2 Å². The second-order valence-corrected chi connectivity index (χ2v) is 5.68. The van der Waals surface area contributed by atoms with Gasteiger partial charge in [0.25, 0.3) is 5.56 Å². The predicted molar refractivity (Wildman–Crippen MR) is 76.1 cm³/mol. The lowest BCUT2D eigenvalue weighted by Crippen LogP contribution is -2.35. The van der Waals surface area contributed by atoms with Gasteiger partial charge in [0.1, 0.15) is 10.7 Å². The van der Waals surface area contributed by atoms with Crippen LogP contribution in [-0.2, 0) is 10.9 Å². The van der Waals surface area contributed by atoms with Crippen molar-refractivity contribution in [3.8, 4) is 5.00 Å². The molecule has 0 spiro atoms. The number of nitrogens with one attached hydrogen (secondary N) is 1. The van der Waals surface area contributed by atoms with Gasteiger partial charge in [0, 0.05) is 11.4 Å². The molecule has 0 bridgehead atoms. The Hall–Kier alpha value is -2.36. The zero-order chi connectivity index (χ0) is 17.4. The molecule has 1 N–H and O–H groups in total. The van der Waals surface area contributed by atoms with Crippen LogP contribution in [0.5, 0.6) is 0 Å². The molecule has 0 fully saturated rings. The standard InChI is InChI=1S/C13H11F3N2O4S/c1-6(2)22-11(20)7-3-10(23-5-7)18-9(19)4-8(13(14,15)16)17-12(18)21/h3-6H,1-2H3,(H,17,21). The van der Waals surface area contributed by atoms with Crippen LogP contribution in [0.1, 0.15) is 29.9 Å². The lowest BCUT2D eigenvalue weighted by Gasteiger charge is -2.07. The van der Waals surface area contributed by atoms with Gasteiger partial charge in [0.15, 0.2) is 0 Å². The second kappa shape index (κ2) is 6.03. The van der Waals surface area contributed by atoms with E-state index in [4.69, 9.17) is 4.74 Å². The van der Waals surface area contributed by atoms with Gasteiger partial charge in [-0.25, -0.2) is 14.2 Å². The highest BCUT2D eigenvalue weighted by Gasteiger charge is 2.33. The highest BCUT2D eigenvalue weighted by Crippen LogP contribution is 2.26. The number of rotatable bonds is 3. The third-order valence-electron chi connectivity index (χ3n) is 2.62. The molecule has 2 heterocycles. The number of thiophene rings is 1. The number of carbonyl (C=O) groups is 1. The van der Waals surface area contributed by atoms with Crippen LogP contribution in [0.15, 0.2) is 27.1 Å². The van der Waals surface area contributed by atoms with Crippen molar-refractivity contribution in [2.75, 3.05) is 0 Å². The Bertz CT molecular complexity index is 817. The number of aromatic nitrogens is 2. The Morgan fingerprint density at radius 1 is 1.30 bits per heavy atom. The van der Waals surface area contributed by atoms with Gasteiger partial charge in [0.2, 0.25) is 0 Å². The Balaban J connectivity index is 2.45. The van der Waals surface area contributed by atoms with Gasteiger partial charge in [-0.1, -0.05) is 0 Å². The van der Waals surface area contributed by atoms with E-state index in [0.29, 0.717) is 4.57 Å². The van der Waals surface area contributed by atoms with Crippen LogP contribution < -0.4 is 11.2 Å². The van der Waals surface area contributed by atoms with Gasteiger partial charge in [-0.15, -0.1) is 11.3 Å². The predicted octanol–water partition coefficient (Wildman–Crippen LogP) is 2.17. The van der Waals surface area contributed by atoms with Crippen LogP contribution in [0.3, 0.4) is 0 Å². The molecule has 6 nitrogen and oxygen atoms in total. The first-order valence-corrected chi connectivity index (χ1v) is 7.21. The number of esters is 1. The molecule has 0 aliphatic carbocycles. The van der Waals surface area contributed by atoms with Crippen LogP contribution in [0.2, 0.25) is 0 Å². The average molecular weight is 348 g/mol. The number of ether oxygens (including phenoxy) is 1. The zero-order valence-corrected chi connectivity index (χ0v) is 12.7. The Morgan fingerprint density at radius 3 is 2.48 bits per heavy atom. The molecule has 0 radical (unpaired) electrons. The number of aromatic amines is 1. The number of nitrogens with zero attached hydrogens (tertiary/aromatic N) is 1. The minimum atomic E-state index is -4.83. The first-order chi connectivity index (χ1) is 10.6. The summed E-state index contributed by atoms with van der Waals surface area (Å²) in [5.41, 5.74) is -3.72. The van der Waals surface area contributed by atoms with Crippen molar-refractivity contribution in [1.29, 1.82) is 0 Å². The van der Waals surface area contributed by atoms with Crippen molar-refractivity contribution in [1.82, 2.24) is 9.55 Å². The van der Waals surface area contributed by atoms with E-state index in [2.05, 4.69) is 0 Å². The Labute approximate surface area is 131 Å². The van der Waals surface area contributed by atoms with E-state index in [1.54, 1.807) is 18.8 Å². The highest BCUT2D eigenvalue weighted by atomic mass is 32.1. The molecule has 0 saturated heterocycles. The summed E-state index contributed by atoms with van der Waals surface area (Å²) in [6.07, 6.45) is -5.19. The van der Waals surface area contributed by atoms with E-state index in [0.717, 1.165) is 11.3 Å². The van der Waals surface area contributed by atoms with Crippen molar-refractivity contribution >= 4 is 17.3 Å². The van der Waals surface area contributed by atoms with Crippen molar-refractivity contribution in [2.45, 2.75) is 26.1 Å². The summed E-state index contributed by atoms with van der Waals surface area (Å²) in [6, 6.07) is 1.49. The maximum atomic E-state index is 12.5. The van der Waals surface area contributed by atoms with Gasteiger partial charge >= 0.3 is 17.8 Å². The average Bonchev–Trinajstić information content (AvgIpc) is 2.85. The second-order valence-electron chi connectivity index (χ2n) is 4.79. The number of carbonyl (C=O) groups excluding carboxylic acids is 1. The maximum absolute atomic E-state index is 12.5. The molecule has 0 aliphatic rings. The van der Waals surface area contributed by atoms with Crippen molar-refractivity contribution < 1.29 is 22.7 Å². The first-order valence-electron chi connectivity index (χ1n) is 6.33. The van der Waals surface area contributed by atoms with Crippen molar-refractivity contribution in [3.05, 3.63) is 49.6 Å². The number of hydrogen-bond acceptors (Lipinski definition) is 5. The fraction of sp³-hybridized carbons (Fsp3) is 0.308. The molecule has 2 aromatic heterocycles. The highest BCUT2D eigenvalue weighted by molar-refractivity contribution is 7.12. The number of halogens is 3. The molecule has 2 aromatic rings. The molecule has 10 heteroatoms. The SMILES string of the molecule is CC(C)OC(=O)c1csc(-n2c(=O)cc(C(F)(F)F)[nH]c2=O)c1. The van der Waals surface area contributed by atoms with Gasteiger partial charge in [-0.3, -0.25) is 4.79 Å². The van der Waals surface area contributed by atoms with E-state index >= 15 is 0 Å². The summed E-state index contributed by atoms with van der Waals surface area (Å²) < 4.78 is 43.1. The van der Waals surface area contributed by atoms with Gasteiger partial charge in [-0.05, 0) is 19.9 Å². The normalized spacial score (nSPS) is 11.7. The van der Waals surface area contributed by atoms with E-state index in [9.17, 15) is 27.6 Å². The molecule has 23 heavy (non-hydrogen) atoms. The summed E-state index contributed by atoms with van der Waals surface area (Å²) >= 11 is 0.861. The van der Waals surface area contributed by atoms with Crippen LogP contribution in [-0.4, -0.2) is 21.6 Å². The molecule has 0 saturated carbocycles. The molecule has 2 rings (SSSR count). The molecule has 0 unspecified atom stereocenters. The molecular formula is C13H11F3N2O4S. The van der Waals surface area contributed by atoms with E-state index in [1.165, 1.54) is 11.4 Å². The van der Waals surface area contributed by atoms with Crippen molar-refractivity contribution in [2.24, 2.45) is 0 Å². The van der Waals surface area contributed by atoms with Crippen molar-refractivity contribution in [3.63, 3.8) is 0 Å². The third kappa shape index (κ3) is 3.70. The maximum Gasteiger partial charge on any atom is 0.431 e. The molecule has 0 atom stereocenters. The molecule has 0 aromatic carbocycles. The van der Waals surface area contributed by atoms with Crippen LogP contribution in [0.4, 0.5) is 13.2 Å². The number of H-pyrrole nitrogens is 1. The first kappa shape index (κ1) is 17.0. The van der Waals surface area contributed by atoms with E-state index in [-0.39, 0.29) is 22.7 Å². The van der Waals surface area contributed by atoms with E-state index in [1.807, 2.05) is 0 Å². The Morgan fingerprint density at radius 2 is 1.96 bits per heavy atom. The van der Waals surface area contributed by atoms with Crippen LogP contribution in [0, 0.1) is 0 Å². The summed E-state index contributed by atoms with van der Waals surface area (Å²) in [4.78, 5) is 36.9. The summed E-state index contributed by atoms with van der Waals surface area (Å²) in [7, 11) is 0. The summed E-state index contributed by atoms with van der Waals surface area (Å²) in [6.45, 7) is 3.30. The minimum absolute atomic E-state index is 0.0145. The molecular weight excluding hydrogens is 337 g/mol. The van der Waals surface area contributed by atoms with Gasteiger partial charge in [-0.2, -0.15) is 13.2 Å². The molecule has 0 amide bonds. The number of alkyl halides is 3. The summed E-state index contributed by atoms with van der Waals surface area (Å²) in [5.74, 6) is -0.654. The Kier molecular flexibility index (Phi) is 4.46. The number of hydrogen-bond donors (Lipinski definition) is 1. The fourth-order valence-corrected chi connectivity index (χ4v) is 2.57. The third-order valence-corrected chi connectivity index (χ3v) is 3.54. The largest absolute Gasteiger partial charge is 0.459 e. The summed E-state index contributed by atoms with van der Waals surface area (Å²) in [5, 5.41) is 1.37. The lowest BCUT2D eigenvalue weighted by molar-refractivity contribution is -0.141. The van der Waals surface area contributed by atoms with Crippen LogP contribution >= 0.6 is 11.3 Å². The molecule has 0 aliphatic heterocycles. The van der Waals surface area contributed by atoms with Gasteiger partial charge < -0.3 is 9.72 Å².